The molecule has 2 heterocycles. The Morgan fingerprint density at radius 2 is 1.97 bits per heavy atom. The maximum absolute atomic E-state index is 12.9. The Bertz CT molecular complexity index is 874. The Labute approximate surface area is 177 Å². The maximum atomic E-state index is 12.9. The van der Waals surface area contributed by atoms with Gasteiger partial charge >= 0.3 is 0 Å². The first-order chi connectivity index (χ1) is 14.6. The van der Waals surface area contributed by atoms with E-state index >= 15 is 0 Å². The average molecular weight is 410 g/mol. The maximum Gasteiger partial charge on any atom is 0.256 e. The summed E-state index contributed by atoms with van der Waals surface area (Å²) in [7, 11) is 0. The van der Waals surface area contributed by atoms with E-state index in [0.29, 0.717) is 23.8 Å². The number of rotatable bonds is 6. The van der Waals surface area contributed by atoms with Crippen LogP contribution in [0.5, 0.6) is 0 Å². The van der Waals surface area contributed by atoms with Crippen molar-refractivity contribution in [3.8, 4) is 0 Å². The summed E-state index contributed by atoms with van der Waals surface area (Å²) in [4.78, 5) is 24.0. The highest BCUT2D eigenvalue weighted by molar-refractivity contribution is 5.98. The highest BCUT2D eigenvalue weighted by Gasteiger charge is 2.22. The van der Waals surface area contributed by atoms with E-state index in [1.807, 2.05) is 13.0 Å². The topological polar surface area (TPSA) is 90.4 Å². The predicted molar refractivity (Wildman–Crippen MR) is 118 cm³/mol. The SMILES string of the molecule is Cc1ncc(C(=O)NCc2cccc(N3CCCC3)c2)c(N[C@H]2CC[C@H](O)CC2)n1. The first kappa shape index (κ1) is 20.6. The van der Waals surface area contributed by atoms with Crippen molar-refractivity contribution in [1.82, 2.24) is 15.3 Å². The summed E-state index contributed by atoms with van der Waals surface area (Å²) in [5.74, 6) is 1.02. The first-order valence-electron chi connectivity index (χ1n) is 11.0. The summed E-state index contributed by atoms with van der Waals surface area (Å²) in [6, 6.07) is 8.59. The Hall–Kier alpha value is -2.67. The molecule has 1 amide bonds. The number of aromatic nitrogens is 2. The molecule has 7 nitrogen and oxygen atoms in total. The van der Waals surface area contributed by atoms with Gasteiger partial charge in [0.25, 0.3) is 5.91 Å². The lowest BCUT2D eigenvalue weighted by Crippen LogP contribution is -2.31. The lowest BCUT2D eigenvalue weighted by molar-refractivity contribution is 0.0950. The van der Waals surface area contributed by atoms with Crippen LogP contribution in [0.25, 0.3) is 0 Å². The number of hydrogen-bond donors (Lipinski definition) is 3. The van der Waals surface area contributed by atoms with Crippen LogP contribution in [-0.4, -0.2) is 46.2 Å². The first-order valence-corrected chi connectivity index (χ1v) is 11.0. The number of nitrogens with zero attached hydrogens (tertiary/aromatic N) is 3. The molecule has 160 valence electrons. The summed E-state index contributed by atoms with van der Waals surface area (Å²) < 4.78 is 0. The molecule has 0 unspecified atom stereocenters. The number of aliphatic hydroxyl groups excluding tert-OH is 1. The zero-order chi connectivity index (χ0) is 20.9. The highest BCUT2D eigenvalue weighted by Crippen LogP contribution is 2.24. The van der Waals surface area contributed by atoms with Gasteiger partial charge < -0.3 is 20.6 Å². The van der Waals surface area contributed by atoms with Crippen molar-refractivity contribution in [3.05, 3.63) is 47.4 Å². The fourth-order valence-corrected chi connectivity index (χ4v) is 4.28. The Balaban J connectivity index is 1.41. The molecule has 1 aromatic heterocycles. The second-order valence-electron chi connectivity index (χ2n) is 8.38. The number of amides is 1. The third-order valence-corrected chi connectivity index (χ3v) is 6.03. The monoisotopic (exact) mass is 409 g/mol. The molecule has 3 N–H and O–H groups in total. The van der Waals surface area contributed by atoms with Gasteiger partial charge in [-0.2, -0.15) is 0 Å². The van der Waals surface area contributed by atoms with E-state index in [-0.39, 0.29) is 18.1 Å². The van der Waals surface area contributed by atoms with E-state index in [1.165, 1.54) is 18.5 Å². The van der Waals surface area contributed by atoms with E-state index in [2.05, 4.69) is 43.7 Å². The number of hydrogen-bond acceptors (Lipinski definition) is 6. The molecule has 0 spiro atoms. The van der Waals surface area contributed by atoms with Crippen molar-refractivity contribution in [2.45, 2.75) is 64.1 Å². The van der Waals surface area contributed by atoms with Crippen molar-refractivity contribution in [2.24, 2.45) is 0 Å². The molecule has 1 aromatic carbocycles. The lowest BCUT2D eigenvalue weighted by Gasteiger charge is -2.27. The zero-order valence-corrected chi connectivity index (χ0v) is 17.6. The van der Waals surface area contributed by atoms with Gasteiger partial charge in [-0.05, 0) is 63.1 Å². The van der Waals surface area contributed by atoms with Crippen LogP contribution in [0.2, 0.25) is 0 Å². The van der Waals surface area contributed by atoms with Gasteiger partial charge in [-0.1, -0.05) is 12.1 Å². The van der Waals surface area contributed by atoms with Gasteiger partial charge in [0.05, 0.1) is 6.10 Å². The standard InChI is InChI=1S/C23H31N5O2/c1-16-24-15-21(22(26-16)27-18-7-9-20(29)10-8-18)23(30)25-14-17-5-4-6-19(13-17)28-11-2-3-12-28/h4-6,13,15,18,20,29H,2-3,7-12,14H2,1H3,(H,25,30)(H,24,26,27)/t18-,20-. The van der Waals surface area contributed by atoms with Crippen molar-refractivity contribution in [3.63, 3.8) is 0 Å². The van der Waals surface area contributed by atoms with Gasteiger partial charge in [-0.3, -0.25) is 4.79 Å². The largest absolute Gasteiger partial charge is 0.393 e. The molecule has 7 heteroatoms. The minimum Gasteiger partial charge on any atom is -0.393 e. The molecule has 4 rings (SSSR count). The Morgan fingerprint density at radius 3 is 2.73 bits per heavy atom. The number of anilines is 2. The van der Waals surface area contributed by atoms with E-state index in [9.17, 15) is 9.90 Å². The zero-order valence-electron chi connectivity index (χ0n) is 17.6. The number of carbonyl (C=O) groups is 1. The van der Waals surface area contributed by atoms with Crippen molar-refractivity contribution in [2.75, 3.05) is 23.3 Å². The molecule has 30 heavy (non-hydrogen) atoms. The summed E-state index contributed by atoms with van der Waals surface area (Å²) in [5, 5.41) is 16.2. The van der Waals surface area contributed by atoms with Gasteiger partial charge in [-0.25, -0.2) is 9.97 Å². The number of carbonyl (C=O) groups excluding carboxylic acids is 1. The van der Waals surface area contributed by atoms with E-state index in [0.717, 1.165) is 44.3 Å². The van der Waals surface area contributed by atoms with Gasteiger partial charge in [0.1, 0.15) is 17.2 Å². The Morgan fingerprint density at radius 1 is 1.20 bits per heavy atom. The van der Waals surface area contributed by atoms with Crippen LogP contribution in [-0.2, 0) is 6.54 Å². The third-order valence-electron chi connectivity index (χ3n) is 6.03. The minimum absolute atomic E-state index is 0.181. The van der Waals surface area contributed by atoms with Crippen LogP contribution < -0.4 is 15.5 Å². The number of nitrogens with one attached hydrogen (secondary N) is 2. The summed E-state index contributed by atoms with van der Waals surface area (Å²) in [5.41, 5.74) is 2.76. The van der Waals surface area contributed by atoms with E-state index < -0.39 is 0 Å². The smallest absolute Gasteiger partial charge is 0.256 e. The summed E-state index contributed by atoms with van der Waals surface area (Å²) >= 11 is 0. The van der Waals surface area contributed by atoms with Gasteiger partial charge in [0.15, 0.2) is 0 Å². The molecule has 1 saturated heterocycles. The Kier molecular flexibility index (Phi) is 6.47. The van der Waals surface area contributed by atoms with E-state index in [1.54, 1.807) is 6.20 Å². The normalized spacial score (nSPS) is 21.5. The average Bonchev–Trinajstić information content (AvgIpc) is 3.29. The quantitative estimate of drug-likeness (QED) is 0.679. The number of aliphatic hydroxyl groups is 1. The van der Waals surface area contributed by atoms with Crippen molar-refractivity contribution < 1.29 is 9.90 Å². The van der Waals surface area contributed by atoms with Gasteiger partial charge in [-0.15, -0.1) is 0 Å². The third kappa shape index (κ3) is 5.08. The molecule has 1 saturated carbocycles. The van der Waals surface area contributed by atoms with Crippen LogP contribution in [0.4, 0.5) is 11.5 Å². The van der Waals surface area contributed by atoms with Gasteiger partial charge in [0.2, 0.25) is 0 Å². The fraction of sp³-hybridized carbons (Fsp3) is 0.522. The highest BCUT2D eigenvalue weighted by atomic mass is 16.3. The summed E-state index contributed by atoms with van der Waals surface area (Å²) in [6.07, 6.45) is 7.15. The van der Waals surface area contributed by atoms with Crippen LogP contribution in [0.3, 0.4) is 0 Å². The molecule has 0 atom stereocenters. The summed E-state index contributed by atoms with van der Waals surface area (Å²) in [6.45, 7) is 4.48. The van der Waals surface area contributed by atoms with Gasteiger partial charge in [0, 0.05) is 37.6 Å². The fourth-order valence-electron chi connectivity index (χ4n) is 4.28. The van der Waals surface area contributed by atoms with Crippen LogP contribution in [0.15, 0.2) is 30.5 Å². The molecule has 1 aliphatic heterocycles. The van der Waals surface area contributed by atoms with Crippen LogP contribution >= 0.6 is 0 Å². The number of aryl methyl sites for hydroxylation is 1. The van der Waals surface area contributed by atoms with Crippen LogP contribution in [0, 0.1) is 6.92 Å². The molecular formula is C23H31N5O2. The van der Waals surface area contributed by atoms with Crippen molar-refractivity contribution in [1.29, 1.82) is 0 Å². The minimum atomic E-state index is -0.214. The number of benzene rings is 1. The molecular weight excluding hydrogens is 378 g/mol. The predicted octanol–water partition coefficient (Wildman–Crippen LogP) is 3.03. The second-order valence-corrected chi connectivity index (χ2v) is 8.38. The lowest BCUT2D eigenvalue weighted by atomic mass is 9.93. The van der Waals surface area contributed by atoms with Crippen molar-refractivity contribution >= 4 is 17.4 Å². The van der Waals surface area contributed by atoms with E-state index in [4.69, 9.17) is 0 Å². The molecule has 2 aliphatic rings. The molecule has 1 aliphatic carbocycles. The molecule has 0 bridgehead atoms. The molecule has 2 aromatic rings. The molecule has 2 fully saturated rings. The molecule has 0 radical (unpaired) electrons. The second kappa shape index (κ2) is 9.43. The van der Waals surface area contributed by atoms with Crippen LogP contribution in [0.1, 0.15) is 60.3 Å².